The summed E-state index contributed by atoms with van der Waals surface area (Å²) in [4.78, 5) is -0.537. The number of benzene rings is 3. The zero-order chi connectivity index (χ0) is 22.1. The Morgan fingerprint density at radius 2 is 1.47 bits per heavy atom. The van der Waals surface area contributed by atoms with Gasteiger partial charge in [-0.25, -0.2) is 16.8 Å². The third-order valence-corrected chi connectivity index (χ3v) is 7.73. The standard InChI is InChI=1S/C20H18ClNO6S2/c1-13-11-15(22-30(26,27)18-9-5-16(28-2)6-10-18)12-19(20(13)23)29(24,25)17-7-3-14(21)4-8-17/h3-12,22-23H,1-2H3. The highest BCUT2D eigenvalue weighted by molar-refractivity contribution is 7.92. The fourth-order valence-electron chi connectivity index (χ4n) is 2.72. The van der Waals surface area contributed by atoms with Crippen LogP contribution in [0.4, 0.5) is 5.69 Å². The Morgan fingerprint density at radius 1 is 0.900 bits per heavy atom. The minimum absolute atomic E-state index is 0.00587. The molecule has 10 heteroatoms. The zero-order valence-electron chi connectivity index (χ0n) is 16.0. The quantitative estimate of drug-likeness (QED) is 0.530. The van der Waals surface area contributed by atoms with E-state index in [1.165, 1.54) is 68.6 Å². The normalized spacial score (nSPS) is 11.8. The number of phenols is 1. The molecule has 0 bridgehead atoms. The van der Waals surface area contributed by atoms with Crippen LogP contribution in [0.2, 0.25) is 5.02 Å². The van der Waals surface area contributed by atoms with Gasteiger partial charge in [0.05, 0.1) is 22.6 Å². The van der Waals surface area contributed by atoms with E-state index in [2.05, 4.69) is 4.72 Å². The highest BCUT2D eigenvalue weighted by atomic mass is 35.5. The number of phenolic OH excluding ortho intramolecular Hbond substituents is 1. The van der Waals surface area contributed by atoms with E-state index in [9.17, 15) is 21.9 Å². The van der Waals surface area contributed by atoms with Crippen LogP contribution in [0.3, 0.4) is 0 Å². The van der Waals surface area contributed by atoms with Crippen LogP contribution in [0.1, 0.15) is 5.56 Å². The molecule has 0 fully saturated rings. The van der Waals surface area contributed by atoms with Crippen molar-refractivity contribution in [1.29, 1.82) is 0 Å². The number of aromatic hydroxyl groups is 1. The fraction of sp³-hybridized carbons (Fsp3) is 0.100. The Hall–Kier alpha value is -2.75. The Morgan fingerprint density at radius 3 is 2.03 bits per heavy atom. The van der Waals surface area contributed by atoms with E-state index in [-0.39, 0.29) is 21.0 Å². The van der Waals surface area contributed by atoms with E-state index < -0.39 is 30.5 Å². The number of nitrogens with one attached hydrogen (secondary N) is 1. The van der Waals surface area contributed by atoms with E-state index in [4.69, 9.17) is 16.3 Å². The summed E-state index contributed by atoms with van der Waals surface area (Å²) >= 11 is 5.81. The van der Waals surface area contributed by atoms with Crippen molar-refractivity contribution in [1.82, 2.24) is 0 Å². The lowest BCUT2D eigenvalue weighted by atomic mass is 10.2. The molecule has 0 heterocycles. The summed E-state index contributed by atoms with van der Waals surface area (Å²) < 4.78 is 58.7. The molecule has 0 amide bonds. The third-order valence-electron chi connectivity index (χ3n) is 4.30. The molecule has 0 radical (unpaired) electrons. The predicted molar refractivity (Wildman–Crippen MR) is 114 cm³/mol. The van der Waals surface area contributed by atoms with Gasteiger partial charge in [-0.15, -0.1) is 0 Å². The molecule has 0 aromatic heterocycles. The molecule has 30 heavy (non-hydrogen) atoms. The van der Waals surface area contributed by atoms with Gasteiger partial charge in [-0.05, 0) is 73.2 Å². The van der Waals surface area contributed by atoms with Crippen LogP contribution in [-0.2, 0) is 19.9 Å². The summed E-state index contributed by atoms with van der Waals surface area (Å²) in [5.41, 5.74) is 0.186. The molecule has 0 aliphatic heterocycles. The van der Waals surface area contributed by atoms with Crippen LogP contribution in [0.25, 0.3) is 0 Å². The second-order valence-corrected chi connectivity index (χ2v) is 10.4. The Labute approximate surface area is 179 Å². The van der Waals surface area contributed by atoms with E-state index in [1.807, 2.05) is 0 Å². The number of ether oxygens (including phenoxy) is 1. The first-order valence-corrected chi connectivity index (χ1v) is 11.9. The zero-order valence-corrected chi connectivity index (χ0v) is 18.3. The molecule has 0 saturated carbocycles. The average Bonchev–Trinajstić information content (AvgIpc) is 2.70. The monoisotopic (exact) mass is 467 g/mol. The third kappa shape index (κ3) is 4.38. The van der Waals surface area contributed by atoms with Crippen molar-refractivity contribution in [2.24, 2.45) is 0 Å². The Kier molecular flexibility index (Phi) is 5.98. The molecule has 158 valence electrons. The summed E-state index contributed by atoms with van der Waals surface area (Å²) in [5, 5.41) is 10.7. The molecule has 2 N–H and O–H groups in total. The smallest absolute Gasteiger partial charge is 0.261 e. The fourth-order valence-corrected chi connectivity index (χ4v) is 5.33. The lowest BCUT2D eigenvalue weighted by Crippen LogP contribution is -2.14. The van der Waals surface area contributed by atoms with Crippen LogP contribution in [0, 0.1) is 6.92 Å². The van der Waals surface area contributed by atoms with Gasteiger partial charge >= 0.3 is 0 Å². The summed E-state index contributed by atoms with van der Waals surface area (Å²) in [7, 11) is -6.66. The topological polar surface area (TPSA) is 110 Å². The van der Waals surface area contributed by atoms with Gasteiger partial charge in [0.15, 0.2) is 0 Å². The minimum atomic E-state index is -4.12. The summed E-state index contributed by atoms with van der Waals surface area (Å²) in [6.45, 7) is 1.47. The van der Waals surface area contributed by atoms with Gasteiger partial charge in [0.25, 0.3) is 10.0 Å². The average molecular weight is 468 g/mol. The van der Waals surface area contributed by atoms with Crippen molar-refractivity contribution in [3.05, 3.63) is 71.2 Å². The minimum Gasteiger partial charge on any atom is -0.506 e. The largest absolute Gasteiger partial charge is 0.506 e. The molecule has 3 rings (SSSR count). The van der Waals surface area contributed by atoms with Crippen LogP contribution < -0.4 is 9.46 Å². The van der Waals surface area contributed by atoms with Gasteiger partial charge in [0.1, 0.15) is 16.4 Å². The van der Waals surface area contributed by atoms with Crippen molar-refractivity contribution in [2.75, 3.05) is 11.8 Å². The van der Waals surface area contributed by atoms with E-state index in [0.29, 0.717) is 10.8 Å². The van der Waals surface area contributed by atoms with Gasteiger partial charge in [-0.3, -0.25) is 4.72 Å². The molecule has 0 aliphatic carbocycles. The lowest BCUT2D eigenvalue weighted by molar-refractivity contribution is 0.414. The summed E-state index contributed by atoms with van der Waals surface area (Å²) in [5.74, 6) is 0.0307. The predicted octanol–water partition coefficient (Wildman–Crippen LogP) is 4.00. The van der Waals surface area contributed by atoms with Gasteiger partial charge in [-0.1, -0.05) is 11.6 Å². The first-order chi connectivity index (χ1) is 14.0. The molecule has 0 aliphatic rings. The van der Waals surface area contributed by atoms with Crippen LogP contribution in [-0.4, -0.2) is 29.1 Å². The number of rotatable bonds is 6. The molecule has 3 aromatic carbocycles. The lowest BCUT2D eigenvalue weighted by Gasteiger charge is -2.14. The van der Waals surface area contributed by atoms with Crippen LogP contribution in [0.5, 0.6) is 11.5 Å². The number of methoxy groups -OCH3 is 1. The maximum atomic E-state index is 13.0. The number of aryl methyl sites for hydroxylation is 1. The van der Waals surface area contributed by atoms with Gasteiger partial charge in [0.2, 0.25) is 9.84 Å². The molecule has 0 saturated heterocycles. The van der Waals surface area contributed by atoms with E-state index in [1.54, 1.807) is 0 Å². The second-order valence-electron chi connectivity index (χ2n) is 6.38. The summed E-state index contributed by atoms with van der Waals surface area (Å²) in [6, 6.07) is 13.6. The first-order valence-electron chi connectivity index (χ1n) is 8.56. The van der Waals surface area contributed by atoms with Crippen LogP contribution >= 0.6 is 11.6 Å². The van der Waals surface area contributed by atoms with Crippen LogP contribution in [0.15, 0.2) is 75.4 Å². The number of hydrogen-bond acceptors (Lipinski definition) is 6. The molecule has 0 atom stereocenters. The highest BCUT2D eigenvalue weighted by Crippen LogP contribution is 2.35. The molecule has 0 unspecified atom stereocenters. The van der Waals surface area contributed by atoms with Gasteiger partial charge < -0.3 is 9.84 Å². The van der Waals surface area contributed by atoms with E-state index in [0.717, 1.165) is 6.07 Å². The maximum absolute atomic E-state index is 13.0. The number of sulfone groups is 1. The summed E-state index contributed by atoms with van der Waals surface area (Å²) in [6.07, 6.45) is 0. The highest BCUT2D eigenvalue weighted by Gasteiger charge is 2.25. The van der Waals surface area contributed by atoms with Crippen molar-refractivity contribution in [2.45, 2.75) is 21.6 Å². The number of halogens is 1. The molecule has 0 spiro atoms. The van der Waals surface area contributed by atoms with E-state index >= 15 is 0 Å². The van der Waals surface area contributed by atoms with Gasteiger partial charge in [0, 0.05) is 5.02 Å². The number of anilines is 1. The molecular formula is C20H18ClNO6S2. The Balaban J connectivity index is 2.03. The van der Waals surface area contributed by atoms with Crippen molar-refractivity contribution < 1.29 is 26.7 Å². The maximum Gasteiger partial charge on any atom is 0.261 e. The number of sulfonamides is 1. The number of hydrogen-bond donors (Lipinski definition) is 2. The van der Waals surface area contributed by atoms with Crippen molar-refractivity contribution >= 4 is 37.1 Å². The molecular weight excluding hydrogens is 450 g/mol. The first kappa shape index (κ1) is 21.9. The van der Waals surface area contributed by atoms with Crippen molar-refractivity contribution in [3.63, 3.8) is 0 Å². The second kappa shape index (κ2) is 8.17. The molecule has 3 aromatic rings. The SMILES string of the molecule is COc1ccc(S(=O)(=O)Nc2cc(C)c(O)c(S(=O)(=O)c3ccc(Cl)cc3)c2)cc1. The molecule has 7 nitrogen and oxygen atoms in total. The van der Waals surface area contributed by atoms with Gasteiger partial charge in [-0.2, -0.15) is 0 Å². The van der Waals surface area contributed by atoms with Crippen molar-refractivity contribution in [3.8, 4) is 11.5 Å². The Bertz CT molecular complexity index is 1290.